The molecule has 108 valence electrons. The number of hydrogen-bond acceptors (Lipinski definition) is 3. The van der Waals surface area contributed by atoms with Crippen molar-refractivity contribution in [2.24, 2.45) is 17.6 Å². The van der Waals surface area contributed by atoms with Crippen molar-refractivity contribution < 1.29 is 9.53 Å². The van der Waals surface area contributed by atoms with Gasteiger partial charge in [-0.15, -0.1) is 0 Å². The highest BCUT2D eigenvalue weighted by molar-refractivity contribution is 5.94. The molecule has 3 rings (SSSR count). The molecule has 2 N–H and O–H groups in total. The van der Waals surface area contributed by atoms with E-state index in [4.69, 9.17) is 10.5 Å². The Kier molecular flexibility index (Phi) is 3.21. The van der Waals surface area contributed by atoms with Crippen LogP contribution in [0.15, 0.2) is 18.2 Å². The first-order chi connectivity index (χ1) is 9.54. The first-order valence-electron chi connectivity index (χ1n) is 7.28. The van der Waals surface area contributed by atoms with Gasteiger partial charge in [0.1, 0.15) is 5.75 Å². The van der Waals surface area contributed by atoms with Crippen molar-refractivity contribution >= 4 is 11.6 Å². The number of nitrogens with two attached hydrogens (primary N) is 1. The van der Waals surface area contributed by atoms with Crippen LogP contribution in [0.3, 0.4) is 0 Å². The van der Waals surface area contributed by atoms with Gasteiger partial charge in [0.05, 0.1) is 12.8 Å². The number of amides is 1. The quantitative estimate of drug-likeness (QED) is 0.901. The fourth-order valence-corrected chi connectivity index (χ4v) is 3.49. The monoisotopic (exact) mass is 274 g/mol. The molecule has 1 amide bonds. The molecule has 0 aromatic heterocycles. The summed E-state index contributed by atoms with van der Waals surface area (Å²) in [5, 5.41) is 0. The van der Waals surface area contributed by atoms with Crippen LogP contribution in [-0.4, -0.2) is 19.1 Å². The van der Waals surface area contributed by atoms with E-state index in [2.05, 4.69) is 6.92 Å². The highest BCUT2D eigenvalue weighted by Crippen LogP contribution is 2.48. The standard InChI is InChI=1S/C16H22N2O2/c1-9-15(17)13-7-6-12(20-3)8-14(13)18(10(2)19)16(9)11-4-5-11/h6-9,11,15-16H,4-5,17H2,1-3H3/t9?,15-,16?/m1/s1. The Morgan fingerprint density at radius 1 is 1.40 bits per heavy atom. The number of anilines is 1. The summed E-state index contributed by atoms with van der Waals surface area (Å²) in [4.78, 5) is 14.1. The van der Waals surface area contributed by atoms with E-state index >= 15 is 0 Å². The zero-order chi connectivity index (χ0) is 14.4. The molecule has 1 aromatic rings. The van der Waals surface area contributed by atoms with Crippen molar-refractivity contribution in [3.63, 3.8) is 0 Å². The highest BCUT2D eigenvalue weighted by Gasteiger charge is 2.46. The number of carbonyl (C=O) groups is 1. The van der Waals surface area contributed by atoms with Crippen molar-refractivity contribution in [2.45, 2.75) is 38.8 Å². The van der Waals surface area contributed by atoms with Crippen molar-refractivity contribution in [1.29, 1.82) is 0 Å². The van der Waals surface area contributed by atoms with E-state index in [-0.39, 0.29) is 23.9 Å². The second-order valence-corrected chi connectivity index (χ2v) is 6.03. The summed E-state index contributed by atoms with van der Waals surface area (Å²) in [6.45, 7) is 3.80. The van der Waals surface area contributed by atoms with Crippen LogP contribution in [0.25, 0.3) is 0 Å². The largest absolute Gasteiger partial charge is 0.497 e. The molecule has 2 unspecified atom stereocenters. The summed E-state index contributed by atoms with van der Waals surface area (Å²) in [7, 11) is 1.64. The minimum absolute atomic E-state index is 0.0166. The minimum Gasteiger partial charge on any atom is -0.497 e. The van der Waals surface area contributed by atoms with Crippen LogP contribution >= 0.6 is 0 Å². The molecular weight excluding hydrogens is 252 g/mol. The Morgan fingerprint density at radius 2 is 2.10 bits per heavy atom. The summed E-state index contributed by atoms with van der Waals surface area (Å²) in [6.07, 6.45) is 2.40. The number of nitrogens with zero attached hydrogens (tertiary/aromatic N) is 1. The molecule has 4 heteroatoms. The number of methoxy groups -OCH3 is 1. The van der Waals surface area contributed by atoms with Crippen LogP contribution in [0.2, 0.25) is 0 Å². The maximum Gasteiger partial charge on any atom is 0.224 e. The molecule has 1 heterocycles. The number of ether oxygens (including phenoxy) is 1. The van der Waals surface area contributed by atoms with E-state index in [9.17, 15) is 4.79 Å². The van der Waals surface area contributed by atoms with Gasteiger partial charge in [-0.2, -0.15) is 0 Å². The summed E-state index contributed by atoms with van der Waals surface area (Å²) in [6, 6.07) is 6.06. The third kappa shape index (κ3) is 1.99. The predicted molar refractivity (Wildman–Crippen MR) is 78.8 cm³/mol. The SMILES string of the molecule is COc1ccc2c(c1)N(C(C)=O)C(C1CC1)C(C)[C@H]2N. The van der Waals surface area contributed by atoms with Crippen LogP contribution in [-0.2, 0) is 4.79 Å². The van der Waals surface area contributed by atoms with Crippen molar-refractivity contribution in [3.8, 4) is 5.75 Å². The predicted octanol–water partition coefficient (Wildman–Crippen LogP) is 2.48. The molecule has 0 spiro atoms. The van der Waals surface area contributed by atoms with Crippen LogP contribution in [0, 0.1) is 11.8 Å². The fourth-order valence-electron chi connectivity index (χ4n) is 3.49. The van der Waals surface area contributed by atoms with Gasteiger partial charge in [-0.1, -0.05) is 13.0 Å². The van der Waals surface area contributed by atoms with E-state index in [1.165, 1.54) is 12.8 Å². The molecule has 1 saturated carbocycles. The molecule has 0 radical (unpaired) electrons. The summed E-state index contributed by atoms with van der Waals surface area (Å²) in [5.74, 6) is 1.74. The molecule has 3 atom stereocenters. The molecule has 2 aliphatic rings. The van der Waals surface area contributed by atoms with Crippen LogP contribution < -0.4 is 15.4 Å². The van der Waals surface area contributed by atoms with Crippen LogP contribution in [0.4, 0.5) is 5.69 Å². The average Bonchev–Trinajstić information content (AvgIpc) is 3.25. The molecule has 0 saturated heterocycles. The summed E-state index contributed by atoms with van der Waals surface area (Å²) < 4.78 is 5.30. The van der Waals surface area contributed by atoms with Gasteiger partial charge < -0.3 is 15.4 Å². The second-order valence-electron chi connectivity index (χ2n) is 6.03. The van der Waals surface area contributed by atoms with E-state index in [0.717, 1.165) is 17.0 Å². The van der Waals surface area contributed by atoms with Crippen LogP contribution in [0.1, 0.15) is 38.3 Å². The molecule has 0 bridgehead atoms. The van der Waals surface area contributed by atoms with Crippen LogP contribution in [0.5, 0.6) is 5.75 Å². The lowest BCUT2D eigenvalue weighted by molar-refractivity contribution is -0.117. The average molecular weight is 274 g/mol. The zero-order valence-electron chi connectivity index (χ0n) is 12.3. The third-order valence-corrected chi connectivity index (χ3v) is 4.70. The molecule has 4 nitrogen and oxygen atoms in total. The van der Waals surface area contributed by atoms with Gasteiger partial charge in [-0.25, -0.2) is 0 Å². The maximum atomic E-state index is 12.2. The molecule has 1 aliphatic heterocycles. The Balaban J connectivity index is 2.12. The van der Waals surface area contributed by atoms with Crippen molar-refractivity contribution in [2.75, 3.05) is 12.0 Å². The Morgan fingerprint density at radius 3 is 2.65 bits per heavy atom. The lowest BCUT2D eigenvalue weighted by atomic mass is 9.80. The summed E-state index contributed by atoms with van der Waals surface area (Å²) in [5.41, 5.74) is 8.40. The van der Waals surface area contributed by atoms with E-state index in [0.29, 0.717) is 5.92 Å². The molecule has 20 heavy (non-hydrogen) atoms. The van der Waals surface area contributed by atoms with Gasteiger partial charge in [-0.3, -0.25) is 4.79 Å². The molecular formula is C16H22N2O2. The van der Waals surface area contributed by atoms with Gasteiger partial charge in [0.2, 0.25) is 5.91 Å². The summed E-state index contributed by atoms with van der Waals surface area (Å²) >= 11 is 0. The first kappa shape index (κ1) is 13.4. The smallest absolute Gasteiger partial charge is 0.224 e. The van der Waals surface area contributed by atoms with Gasteiger partial charge >= 0.3 is 0 Å². The lowest BCUT2D eigenvalue weighted by Crippen LogP contribution is -2.51. The van der Waals surface area contributed by atoms with Crippen molar-refractivity contribution in [3.05, 3.63) is 23.8 Å². The lowest BCUT2D eigenvalue weighted by Gasteiger charge is -2.44. The number of benzene rings is 1. The highest BCUT2D eigenvalue weighted by atomic mass is 16.5. The Bertz CT molecular complexity index is 539. The minimum atomic E-state index is -0.0166. The third-order valence-electron chi connectivity index (χ3n) is 4.70. The van der Waals surface area contributed by atoms with Gasteiger partial charge in [0.15, 0.2) is 0 Å². The van der Waals surface area contributed by atoms with E-state index in [1.54, 1.807) is 14.0 Å². The number of hydrogen-bond donors (Lipinski definition) is 1. The fraction of sp³-hybridized carbons (Fsp3) is 0.562. The Labute approximate surface area is 119 Å². The topological polar surface area (TPSA) is 55.6 Å². The normalized spacial score (nSPS) is 29.0. The number of fused-ring (bicyclic) bond motifs is 1. The Hall–Kier alpha value is -1.55. The zero-order valence-corrected chi connectivity index (χ0v) is 12.3. The van der Waals surface area contributed by atoms with E-state index < -0.39 is 0 Å². The van der Waals surface area contributed by atoms with Gasteiger partial charge in [0, 0.05) is 25.1 Å². The second kappa shape index (κ2) is 4.77. The van der Waals surface area contributed by atoms with Gasteiger partial charge in [0.25, 0.3) is 0 Å². The number of rotatable bonds is 2. The maximum absolute atomic E-state index is 12.2. The first-order valence-corrected chi connectivity index (χ1v) is 7.28. The van der Waals surface area contributed by atoms with Crippen molar-refractivity contribution in [1.82, 2.24) is 0 Å². The molecule has 1 aromatic carbocycles. The molecule has 1 aliphatic carbocycles. The molecule has 1 fully saturated rings. The number of carbonyl (C=O) groups excluding carboxylic acids is 1. The van der Waals surface area contributed by atoms with E-state index in [1.807, 2.05) is 23.1 Å². The van der Waals surface area contributed by atoms with Gasteiger partial charge in [-0.05, 0) is 36.3 Å².